The number of unbranched alkanes of at least 4 members (excludes halogenated alkanes) is 26. The molecule has 0 aliphatic carbocycles. The fourth-order valence-corrected chi connectivity index (χ4v) is 6.32. The summed E-state index contributed by atoms with van der Waals surface area (Å²) in [6.07, 6.45) is 39.6. The molecule has 0 heterocycles. The lowest BCUT2D eigenvalue weighted by Crippen LogP contribution is -2.29. The van der Waals surface area contributed by atoms with E-state index in [1.165, 1.54) is 141 Å². The predicted octanol–water partition coefficient (Wildman–Crippen LogP) is 12.2. The molecule has 0 radical (unpaired) electrons. The lowest BCUT2D eigenvalue weighted by atomic mass is 10.0. The van der Waals surface area contributed by atoms with Crippen LogP contribution in [0.3, 0.4) is 0 Å². The average molecular weight is 717 g/mol. The molecule has 0 amide bonds. The molecule has 0 bridgehead atoms. The Morgan fingerprint density at radius 1 is 0.510 bits per heavy atom. The van der Waals surface area contributed by atoms with E-state index in [1.54, 1.807) is 0 Å². The van der Waals surface area contributed by atoms with Crippen LogP contribution in [0.15, 0.2) is 12.2 Å². The average Bonchev–Trinajstić information content (AvgIpc) is 3.07. The Hall–Kier alpha value is -1.21. The van der Waals surface area contributed by atoms with Gasteiger partial charge in [0.15, 0.2) is 6.10 Å². The van der Waals surface area contributed by atoms with Gasteiger partial charge in [0.2, 0.25) is 0 Å². The van der Waals surface area contributed by atoms with Gasteiger partial charge in [0.1, 0.15) is 6.61 Å². The molecule has 1 atom stereocenters. The summed E-state index contributed by atoms with van der Waals surface area (Å²) in [5, 5.41) is 0. The Morgan fingerprint density at radius 3 is 1.24 bits per heavy atom. The third-order valence-corrected chi connectivity index (χ3v) is 9.52. The summed E-state index contributed by atoms with van der Waals surface area (Å²) in [7, 11) is -4.74. The standard InChI is InChI=1S/C40H77O8P/c1-3-5-7-9-11-13-14-15-16-17-18-19-20-21-22-23-24-25-26-27-29-31-33-35-40(42)48-38(37-47-49(43,44)45)36-46-39(41)34-32-30-28-12-10-8-6-4-2/h17-18,38H,3-16,19-37H2,1-2H3,(H2,43,44,45)/b18-17-. The molecular formula is C40H77O8P. The number of rotatable bonds is 38. The van der Waals surface area contributed by atoms with Gasteiger partial charge in [-0.1, -0.05) is 174 Å². The van der Waals surface area contributed by atoms with E-state index in [9.17, 15) is 14.2 Å². The van der Waals surface area contributed by atoms with Gasteiger partial charge in [0.05, 0.1) is 6.61 Å². The van der Waals surface area contributed by atoms with Crippen molar-refractivity contribution in [1.29, 1.82) is 0 Å². The maximum absolute atomic E-state index is 12.4. The number of carbonyl (C=O) groups is 2. The van der Waals surface area contributed by atoms with Crippen LogP contribution in [0.25, 0.3) is 0 Å². The Kier molecular flexibility index (Phi) is 35.7. The van der Waals surface area contributed by atoms with Gasteiger partial charge in [-0.3, -0.25) is 14.1 Å². The molecule has 0 fully saturated rings. The normalized spacial score (nSPS) is 12.5. The molecule has 1 unspecified atom stereocenters. The van der Waals surface area contributed by atoms with Crippen LogP contribution in [0.2, 0.25) is 0 Å². The highest BCUT2D eigenvalue weighted by Gasteiger charge is 2.22. The molecule has 2 N–H and O–H groups in total. The molecule has 0 rings (SSSR count). The van der Waals surface area contributed by atoms with Crippen LogP contribution in [0.4, 0.5) is 0 Å². The zero-order chi connectivity index (χ0) is 36.1. The molecule has 0 aromatic rings. The number of ether oxygens (including phenoxy) is 2. The minimum Gasteiger partial charge on any atom is -0.462 e. The van der Waals surface area contributed by atoms with E-state index in [-0.39, 0.29) is 19.4 Å². The highest BCUT2D eigenvalue weighted by Crippen LogP contribution is 2.36. The van der Waals surface area contributed by atoms with Gasteiger partial charge >= 0.3 is 19.8 Å². The van der Waals surface area contributed by atoms with Crippen molar-refractivity contribution >= 4 is 19.8 Å². The van der Waals surface area contributed by atoms with Crippen LogP contribution in [-0.2, 0) is 28.2 Å². The zero-order valence-electron chi connectivity index (χ0n) is 31.9. The van der Waals surface area contributed by atoms with E-state index in [0.29, 0.717) is 6.42 Å². The van der Waals surface area contributed by atoms with Crippen LogP contribution >= 0.6 is 7.82 Å². The summed E-state index contributed by atoms with van der Waals surface area (Å²) in [5.41, 5.74) is 0. The molecule has 0 aromatic heterocycles. The fourth-order valence-electron chi connectivity index (χ4n) is 5.96. The first-order valence-electron chi connectivity index (χ1n) is 20.5. The predicted molar refractivity (Wildman–Crippen MR) is 202 cm³/mol. The number of esters is 2. The highest BCUT2D eigenvalue weighted by molar-refractivity contribution is 7.46. The quantitative estimate of drug-likeness (QED) is 0.0280. The van der Waals surface area contributed by atoms with E-state index in [1.807, 2.05) is 0 Å². The van der Waals surface area contributed by atoms with Gasteiger partial charge < -0.3 is 19.3 Å². The lowest BCUT2D eigenvalue weighted by molar-refractivity contribution is -0.161. The van der Waals surface area contributed by atoms with Crippen molar-refractivity contribution in [3.05, 3.63) is 12.2 Å². The first-order valence-corrected chi connectivity index (χ1v) is 22.0. The summed E-state index contributed by atoms with van der Waals surface area (Å²) >= 11 is 0. The number of phosphoric ester groups is 1. The van der Waals surface area contributed by atoms with Crippen molar-refractivity contribution in [2.75, 3.05) is 13.2 Å². The van der Waals surface area contributed by atoms with E-state index < -0.39 is 32.5 Å². The van der Waals surface area contributed by atoms with Gasteiger partial charge in [0.25, 0.3) is 0 Å². The second-order valence-corrected chi connectivity index (χ2v) is 15.2. The third-order valence-electron chi connectivity index (χ3n) is 9.03. The molecule has 0 aliphatic rings. The largest absolute Gasteiger partial charge is 0.469 e. The Bertz CT molecular complexity index is 812. The molecule has 0 aliphatic heterocycles. The van der Waals surface area contributed by atoms with Crippen LogP contribution < -0.4 is 0 Å². The summed E-state index contributed by atoms with van der Waals surface area (Å²) in [5.74, 6) is -0.882. The molecule has 9 heteroatoms. The van der Waals surface area contributed by atoms with Crippen molar-refractivity contribution in [2.24, 2.45) is 0 Å². The van der Waals surface area contributed by atoms with Gasteiger partial charge in [0, 0.05) is 12.8 Å². The zero-order valence-corrected chi connectivity index (χ0v) is 32.8. The number of hydrogen-bond donors (Lipinski definition) is 2. The summed E-state index contributed by atoms with van der Waals surface area (Å²) < 4.78 is 26.3. The van der Waals surface area contributed by atoms with Crippen molar-refractivity contribution in [2.45, 2.75) is 219 Å². The van der Waals surface area contributed by atoms with Crippen LogP contribution in [-0.4, -0.2) is 41.0 Å². The molecule has 49 heavy (non-hydrogen) atoms. The third kappa shape index (κ3) is 39.4. The molecule has 0 spiro atoms. The first kappa shape index (κ1) is 47.8. The summed E-state index contributed by atoms with van der Waals surface area (Å²) in [6, 6.07) is 0. The van der Waals surface area contributed by atoms with Gasteiger partial charge in [-0.05, 0) is 38.5 Å². The van der Waals surface area contributed by atoms with Crippen molar-refractivity contribution in [3.63, 3.8) is 0 Å². The number of carbonyl (C=O) groups excluding carboxylic acids is 2. The van der Waals surface area contributed by atoms with Crippen molar-refractivity contribution < 1.29 is 37.9 Å². The lowest BCUT2D eigenvalue weighted by Gasteiger charge is -2.18. The van der Waals surface area contributed by atoms with E-state index >= 15 is 0 Å². The van der Waals surface area contributed by atoms with Gasteiger partial charge in [-0.25, -0.2) is 4.57 Å². The van der Waals surface area contributed by atoms with Crippen LogP contribution in [0.1, 0.15) is 213 Å². The second kappa shape index (κ2) is 36.6. The Morgan fingerprint density at radius 2 is 0.857 bits per heavy atom. The van der Waals surface area contributed by atoms with Crippen molar-refractivity contribution in [3.8, 4) is 0 Å². The van der Waals surface area contributed by atoms with E-state index in [2.05, 4.69) is 30.5 Å². The van der Waals surface area contributed by atoms with Crippen LogP contribution in [0, 0.1) is 0 Å². The summed E-state index contributed by atoms with van der Waals surface area (Å²) in [4.78, 5) is 42.6. The molecule has 290 valence electrons. The smallest absolute Gasteiger partial charge is 0.462 e. The van der Waals surface area contributed by atoms with Crippen molar-refractivity contribution in [1.82, 2.24) is 0 Å². The molecule has 8 nitrogen and oxygen atoms in total. The number of hydrogen-bond acceptors (Lipinski definition) is 6. The molecule has 0 saturated carbocycles. The minimum absolute atomic E-state index is 0.215. The fraction of sp³-hybridized carbons (Fsp3) is 0.900. The summed E-state index contributed by atoms with van der Waals surface area (Å²) in [6.45, 7) is 3.66. The maximum atomic E-state index is 12.4. The van der Waals surface area contributed by atoms with Crippen LogP contribution in [0.5, 0.6) is 0 Å². The number of allylic oxidation sites excluding steroid dienone is 2. The Labute approximate surface area is 301 Å². The van der Waals surface area contributed by atoms with E-state index in [4.69, 9.17) is 19.3 Å². The topological polar surface area (TPSA) is 119 Å². The highest BCUT2D eigenvalue weighted by atomic mass is 31.2. The SMILES string of the molecule is CCCCCCCCCC/C=C\CCCCCCCCCCCCCC(=O)OC(COC(=O)CCCCCCCCCC)COP(=O)(O)O. The monoisotopic (exact) mass is 717 g/mol. The molecular weight excluding hydrogens is 639 g/mol. The van der Waals surface area contributed by atoms with E-state index in [0.717, 1.165) is 38.5 Å². The molecule has 0 saturated heterocycles. The number of phosphoric acid groups is 1. The van der Waals surface area contributed by atoms with Gasteiger partial charge in [-0.2, -0.15) is 0 Å². The Balaban J connectivity index is 3.78. The second-order valence-electron chi connectivity index (χ2n) is 14.0. The minimum atomic E-state index is -4.74. The first-order chi connectivity index (χ1) is 23.8. The maximum Gasteiger partial charge on any atom is 0.469 e. The van der Waals surface area contributed by atoms with Gasteiger partial charge in [-0.15, -0.1) is 0 Å². The molecule has 0 aromatic carbocycles.